The number of rotatable bonds is 8. The van der Waals surface area contributed by atoms with Crippen LogP contribution >= 0.6 is 0 Å². The zero-order valence-corrected chi connectivity index (χ0v) is 17.1. The predicted molar refractivity (Wildman–Crippen MR) is 115 cm³/mol. The predicted octanol–water partition coefficient (Wildman–Crippen LogP) is 3.11. The number of benzene rings is 3. The summed E-state index contributed by atoms with van der Waals surface area (Å²) >= 11 is 0. The Balaban J connectivity index is 1.52. The van der Waals surface area contributed by atoms with Crippen LogP contribution in [0, 0.1) is 11.6 Å². The number of hydrogen-bond acceptors (Lipinski definition) is 5. The average molecular weight is 452 g/mol. The molecule has 0 aliphatic carbocycles. The van der Waals surface area contributed by atoms with Gasteiger partial charge in [0.2, 0.25) is 5.91 Å². The lowest BCUT2D eigenvalue weighted by atomic mass is 9.98. The molecule has 2 amide bonds. The molecule has 0 radical (unpaired) electrons. The highest BCUT2D eigenvalue weighted by atomic mass is 19.2. The van der Waals surface area contributed by atoms with Gasteiger partial charge in [-0.15, -0.1) is 0 Å². The molecule has 0 atom stereocenters. The minimum absolute atomic E-state index is 0.00441. The molecule has 9 heteroatoms. The van der Waals surface area contributed by atoms with Crippen LogP contribution in [-0.2, 0) is 14.3 Å². The van der Waals surface area contributed by atoms with E-state index in [9.17, 15) is 28.0 Å². The van der Waals surface area contributed by atoms with Crippen LogP contribution in [0.15, 0.2) is 72.8 Å². The van der Waals surface area contributed by atoms with Gasteiger partial charge in [-0.25, -0.2) is 13.6 Å². The van der Waals surface area contributed by atoms with E-state index in [0.717, 1.165) is 18.2 Å². The summed E-state index contributed by atoms with van der Waals surface area (Å²) in [5, 5.41) is 4.52. The van der Waals surface area contributed by atoms with Crippen LogP contribution in [0.3, 0.4) is 0 Å². The zero-order valence-electron chi connectivity index (χ0n) is 17.1. The smallest absolute Gasteiger partial charge is 0.339 e. The normalized spacial score (nSPS) is 10.2. The summed E-state index contributed by atoms with van der Waals surface area (Å²) in [6.07, 6.45) is 0. The van der Waals surface area contributed by atoms with Crippen molar-refractivity contribution in [2.75, 3.05) is 18.5 Å². The fourth-order valence-electron chi connectivity index (χ4n) is 2.82. The van der Waals surface area contributed by atoms with Gasteiger partial charge in [0.05, 0.1) is 12.1 Å². The van der Waals surface area contributed by atoms with E-state index >= 15 is 0 Å². The molecule has 0 unspecified atom stereocenters. The lowest BCUT2D eigenvalue weighted by Gasteiger charge is -2.10. The Bertz CT molecular complexity index is 1200. The average Bonchev–Trinajstić information content (AvgIpc) is 2.83. The molecule has 3 aromatic carbocycles. The molecule has 3 aromatic rings. The number of esters is 1. The SMILES string of the molecule is O=C(COC(=O)c1ccccc1C(=O)c1ccccc1)NCC(=O)Nc1ccc(F)c(F)c1. The standard InChI is InChI=1S/C24H18F2N2O5/c25-19-11-10-16(12-20(19)26)28-21(29)13-27-22(30)14-33-24(32)18-9-5-4-8-17(18)23(31)15-6-2-1-3-7-15/h1-12H,13-14H2,(H,27,30)(H,28,29). The number of anilines is 1. The van der Waals surface area contributed by atoms with Crippen LogP contribution in [0.5, 0.6) is 0 Å². The summed E-state index contributed by atoms with van der Waals surface area (Å²) < 4.78 is 31.1. The van der Waals surface area contributed by atoms with E-state index in [0.29, 0.717) is 5.56 Å². The van der Waals surface area contributed by atoms with Crippen molar-refractivity contribution in [3.8, 4) is 0 Å². The molecule has 2 N–H and O–H groups in total. The van der Waals surface area contributed by atoms with Crippen molar-refractivity contribution in [2.45, 2.75) is 0 Å². The van der Waals surface area contributed by atoms with E-state index in [4.69, 9.17) is 4.74 Å². The lowest BCUT2D eigenvalue weighted by molar-refractivity contribution is -0.126. The zero-order chi connectivity index (χ0) is 23.8. The van der Waals surface area contributed by atoms with Gasteiger partial charge in [0.25, 0.3) is 5.91 Å². The van der Waals surface area contributed by atoms with Gasteiger partial charge in [0.15, 0.2) is 24.0 Å². The van der Waals surface area contributed by atoms with Gasteiger partial charge in [-0.2, -0.15) is 0 Å². The molecule has 0 aliphatic rings. The van der Waals surface area contributed by atoms with Crippen molar-refractivity contribution in [1.29, 1.82) is 0 Å². The van der Waals surface area contributed by atoms with Crippen LogP contribution in [0.2, 0.25) is 0 Å². The monoisotopic (exact) mass is 452 g/mol. The number of nitrogens with one attached hydrogen (secondary N) is 2. The highest BCUT2D eigenvalue weighted by Crippen LogP contribution is 2.16. The van der Waals surface area contributed by atoms with Gasteiger partial charge in [-0.1, -0.05) is 48.5 Å². The first-order valence-corrected chi connectivity index (χ1v) is 9.72. The second-order valence-corrected chi connectivity index (χ2v) is 6.77. The van der Waals surface area contributed by atoms with Crippen molar-refractivity contribution in [3.63, 3.8) is 0 Å². The molecule has 0 heterocycles. The molecular formula is C24H18F2N2O5. The second-order valence-electron chi connectivity index (χ2n) is 6.77. The molecule has 0 aromatic heterocycles. The number of ether oxygens (including phenoxy) is 1. The van der Waals surface area contributed by atoms with E-state index in [1.165, 1.54) is 12.1 Å². The number of carbonyl (C=O) groups excluding carboxylic acids is 4. The summed E-state index contributed by atoms with van der Waals surface area (Å²) in [5.41, 5.74) is 0.525. The van der Waals surface area contributed by atoms with E-state index in [1.807, 2.05) is 0 Å². The Labute approximate surface area is 187 Å². The van der Waals surface area contributed by atoms with Crippen LogP contribution in [0.4, 0.5) is 14.5 Å². The van der Waals surface area contributed by atoms with E-state index in [2.05, 4.69) is 10.6 Å². The Morgan fingerprint density at radius 3 is 2.12 bits per heavy atom. The molecule has 0 fully saturated rings. The molecule has 0 bridgehead atoms. The highest BCUT2D eigenvalue weighted by Gasteiger charge is 2.20. The maximum Gasteiger partial charge on any atom is 0.339 e. The van der Waals surface area contributed by atoms with Crippen molar-refractivity contribution in [1.82, 2.24) is 5.32 Å². The summed E-state index contributed by atoms with van der Waals surface area (Å²) in [6.45, 7) is -1.18. The third-order valence-corrected chi connectivity index (χ3v) is 4.41. The van der Waals surface area contributed by atoms with Gasteiger partial charge in [-0.05, 0) is 18.2 Å². The fourth-order valence-corrected chi connectivity index (χ4v) is 2.82. The van der Waals surface area contributed by atoms with Crippen molar-refractivity contribution < 1.29 is 32.7 Å². The first-order chi connectivity index (χ1) is 15.8. The molecule has 0 saturated heterocycles. The molecule has 3 rings (SSSR count). The third-order valence-electron chi connectivity index (χ3n) is 4.41. The number of carbonyl (C=O) groups is 4. The summed E-state index contributed by atoms with van der Waals surface area (Å²) in [4.78, 5) is 48.9. The summed E-state index contributed by atoms with van der Waals surface area (Å²) in [6, 6.07) is 17.2. The minimum Gasteiger partial charge on any atom is -0.452 e. The van der Waals surface area contributed by atoms with Crippen molar-refractivity contribution in [3.05, 3.63) is 101 Å². The van der Waals surface area contributed by atoms with Gasteiger partial charge in [-0.3, -0.25) is 14.4 Å². The number of amides is 2. The van der Waals surface area contributed by atoms with E-state index < -0.39 is 42.6 Å². The first-order valence-electron chi connectivity index (χ1n) is 9.72. The molecule has 7 nitrogen and oxygen atoms in total. The Morgan fingerprint density at radius 2 is 1.42 bits per heavy atom. The van der Waals surface area contributed by atoms with Crippen LogP contribution in [0.25, 0.3) is 0 Å². The summed E-state index contributed by atoms with van der Waals surface area (Å²) in [7, 11) is 0. The minimum atomic E-state index is -1.13. The van der Waals surface area contributed by atoms with Gasteiger partial charge >= 0.3 is 5.97 Å². The van der Waals surface area contributed by atoms with E-state index in [1.54, 1.807) is 42.5 Å². The Hall–Kier alpha value is -4.40. The molecule has 0 saturated carbocycles. The molecule has 0 aliphatic heterocycles. The fraction of sp³-hybridized carbons (Fsp3) is 0.0833. The Morgan fingerprint density at radius 1 is 0.758 bits per heavy atom. The van der Waals surface area contributed by atoms with Gasteiger partial charge in [0.1, 0.15) is 0 Å². The summed E-state index contributed by atoms with van der Waals surface area (Å²) in [5.74, 6) is -4.90. The Kier molecular flexibility index (Phi) is 7.59. The van der Waals surface area contributed by atoms with Gasteiger partial charge < -0.3 is 15.4 Å². The van der Waals surface area contributed by atoms with Crippen LogP contribution in [-0.4, -0.2) is 36.7 Å². The molecule has 0 spiro atoms. The molecule has 33 heavy (non-hydrogen) atoms. The third kappa shape index (κ3) is 6.30. The topological polar surface area (TPSA) is 102 Å². The second kappa shape index (κ2) is 10.8. The van der Waals surface area contributed by atoms with Crippen LogP contribution < -0.4 is 10.6 Å². The molecule has 168 valence electrons. The van der Waals surface area contributed by atoms with Crippen molar-refractivity contribution >= 4 is 29.3 Å². The van der Waals surface area contributed by atoms with Gasteiger partial charge in [0, 0.05) is 22.9 Å². The van der Waals surface area contributed by atoms with Crippen LogP contribution in [0.1, 0.15) is 26.3 Å². The largest absolute Gasteiger partial charge is 0.452 e. The quantitative estimate of drug-likeness (QED) is 0.404. The highest BCUT2D eigenvalue weighted by molar-refractivity contribution is 6.14. The first kappa shape index (κ1) is 23.3. The maximum atomic E-state index is 13.2. The molecular weight excluding hydrogens is 434 g/mol. The number of ketones is 1. The van der Waals surface area contributed by atoms with Crippen molar-refractivity contribution in [2.24, 2.45) is 0 Å². The number of halogens is 2. The maximum absolute atomic E-state index is 13.2. The van der Waals surface area contributed by atoms with E-state index in [-0.39, 0.29) is 22.6 Å². The number of hydrogen-bond donors (Lipinski definition) is 2. The lowest BCUT2D eigenvalue weighted by Crippen LogP contribution is -2.35.